The zero-order valence-corrected chi connectivity index (χ0v) is 16.4. The number of carbonyl (C=O) groups excluding carboxylic acids is 1. The molecule has 3 aromatic heterocycles. The van der Waals surface area contributed by atoms with Gasteiger partial charge in [0.15, 0.2) is 0 Å². The van der Waals surface area contributed by atoms with Crippen molar-refractivity contribution in [2.45, 2.75) is 13.8 Å². The minimum absolute atomic E-state index is 0.0734. The Balaban J connectivity index is 1.82. The number of carbonyl (C=O) groups is 2. The van der Waals surface area contributed by atoms with Gasteiger partial charge in [-0.3, -0.25) is 4.79 Å². The van der Waals surface area contributed by atoms with Gasteiger partial charge >= 0.3 is 5.97 Å². The van der Waals surface area contributed by atoms with Crippen LogP contribution in [0.4, 0.5) is 10.1 Å². The quantitative estimate of drug-likeness (QED) is 0.495. The van der Waals surface area contributed by atoms with Crippen LogP contribution < -0.4 is 5.32 Å². The van der Waals surface area contributed by atoms with Gasteiger partial charge in [0.05, 0.1) is 22.5 Å². The molecule has 0 saturated carbocycles. The highest BCUT2D eigenvalue weighted by Gasteiger charge is 2.28. The van der Waals surface area contributed by atoms with Crippen molar-refractivity contribution in [3.8, 4) is 0 Å². The first kappa shape index (κ1) is 18.7. The summed E-state index contributed by atoms with van der Waals surface area (Å²) in [7, 11) is 0. The largest absolute Gasteiger partial charge is 0.478 e. The number of hydrogen-bond acceptors (Lipinski definition) is 5. The number of anilines is 1. The summed E-state index contributed by atoms with van der Waals surface area (Å²) in [6.07, 6.45) is 3.11. The summed E-state index contributed by atoms with van der Waals surface area (Å²) in [6, 6.07) is 7.46. The molecule has 0 fully saturated rings. The van der Waals surface area contributed by atoms with Crippen molar-refractivity contribution in [1.29, 1.82) is 0 Å². The number of benzene rings is 1. The Morgan fingerprint density at radius 3 is 2.84 bits per heavy atom. The van der Waals surface area contributed by atoms with Gasteiger partial charge in [-0.2, -0.15) is 0 Å². The molecule has 1 amide bonds. The maximum Gasteiger partial charge on any atom is 0.337 e. The number of nitrogens with zero attached hydrogens (tertiary/aromatic N) is 5. The van der Waals surface area contributed by atoms with E-state index in [4.69, 9.17) is 0 Å². The van der Waals surface area contributed by atoms with E-state index in [1.165, 1.54) is 29.1 Å². The van der Waals surface area contributed by atoms with Gasteiger partial charge in [0, 0.05) is 17.4 Å². The smallest absolute Gasteiger partial charge is 0.337 e. The molecule has 0 atom stereocenters. The maximum atomic E-state index is 13.9. The van der Waals surface area contributed by atoms with Crippen LogP contribution in [0.3, 0.4) is 0 Å². The van der Waals surface area contributed by atoms with Crippen LogP contribution in [-0.2, 0) is 4.79 Å². The summed E-state index contributed by atoms with van der Waals surface area (Å²) in [5.41, 5.74) is 3.31. The molecule has 1 aromatic carbocycles. The van der Waals surface area contributed by atoms with E-state index in [-0.39, 0.29) is 11.1 Å². The molecule has 5 rings (SSSR count). The molecule has 4 heterocycles. The molecule has 0 saturated heterocycles. The fourth-order valence-electron chi connectivity index (χ4n) is 3.90. The van der Waals surface area contributed by atoms with Crippen molar-refractivity contribution in [2.24, 2.45) is 0 Å². The van der Waals surface area contributed by atoms with Crippen LogP contribution in [0.15, 0.2) is 36.5 Å². The maximum absolute atomic E-state index is 13.9. The Bertz CT molecular complexity index is 1450. The average molecular weight is 418 g/mol. The Kier molecular flexibility index (Phi) is 3.97. The van der Waals surface area contributed by atoms with Crippen molar-refractivity contribution in [3.05, 3.63) is 70.4 Å². The Labute approximate surface area is 174 Å². The van der Waals surface area contributed by atoms with Gasteiger partial charge in [0.25, 0.3) is 5.91 Å². The van der Waals surface area contributed by atoms with E-state index in [0.717, 1.165) is 0 Å². The number of nitrogens with one attached hydrogen (secondary N) is 1. The molecule has 0 unspecified atom stereocenters. The molecular formula is C21H15FN6O3. The second kappa shape index (κ2) is 6.59. The minimum atomic E-state index is -1.12. The third kappa shape index (κ3) is 2.72. The van der Waals surface area contributed by atoms with Crippen LogP contribution in [-0.4, -0.2) is 41.7 Å². The summed E-state index contributed by atoms with van der Waals surface area (Å²) in [5, 5.41) is 20.7. The van der Waals surface area contributed by atoms with E-state index >= 15 is 0 Å². The van der Waals surface area contributed by atoms with Gasteiger partial charge in [0.1, 0.15) is 11.3 Å². The highest BCUT2D eigenvalue weighted by atomic mass is 19.1. The lowest BCUT2D eigenvalue weighted by Crippen LogP contribution is -2.16. The zero-order valence-electron chi connectivity index (χ0n) is 16.4. The zero-order chi connectivity index (χ0) is 21.9. The summed E-state index contributed by atoms with van der Waals surface area (Å²) >= 11 is 0. The molecule has 0 bridgehead atoms. The van der Waals surface area contributed by atoms with Crippen LogP contribution in [0.5, 0.6) is 0 Å². The monoisotopic (exact) mass is 418 g/mol. The fraction of sp³-hybridized carbons (Fsp3) is 0.0952. The molecule has 0 spiro atoms. The number of amides is 1. The third-order valence-corrected chi connectivity index (χ3v) is 5.31. The first-order valence-electron chi connectivity index (χ1n) is 9.32. The fourth-order valence-corrected chi connectivity index (χ4v) is 3.90. The summed E-state index contributed by atoms with van der Waals surface area (Å²) < 4.78 is 15.4. The van der Waals surface area contributed by atoms with E-state index in [2.05, 4.69) is 20.6 Å². The molecule has 1 aliphatic rings. The van der Waals surface area contributed by atoms with Crippen molar-refractivity contribution in [2.75, 3.05) is 5.32 Å². The van der Waals surface area contributed by atoms with Gasteiger partial charge in [-0.1, -0.05) is 0 Å². The Morgan fingerprint density at radius 1 is 1.26 bits per heavy atom. The number of hydrogen-bond donors (Lipinski definition) is 2. The van der Waals surface area contributed by atoms with Gasteiger partial charge < -0.3 is 10.4 Å². The number of aromatic nitrogens is 5. The molecule has 0 aliphatic carbocycles. The number of rotatable bonds is 3. The van der Waals surface area contributed by atoms with Gasteiger partial charge in [-0.25, -0.2) is 18.8 Å². The highest BCUT2D eigenvalue weighted by molar-refractivity contribution is 6.35. The first-order valence-corrected chi connectivity index (χ1v) is 9.32. The number of halogens is 1. The lowest BCUT2D eigenvalue weighted by molar-refractivity contribution is -0.110. The van der Waals surface area contributed by atoms with Gasteiger partial charge in [-0.05, 0) is 61.0 Å². The molecule has 9 nitrogen and oxygen atoms in total. The number of aromatic carboxylic acids is 1. The summed E-state index contributed by atoms with van der Waals surface area (Å²) in [5.74, 6) is -2.01. The van der Waals surface area contributed by atoms with Crippen LogP contribution in [0.2, 0.25) is 0 Å². The predicted molar refractivity (Wildman–Crippen MR) is 110 cm³/mol. The topological polar surface area (TPSA) is 115 Å². The summed E-state index contributed by atoms with van der Waals surface area (Å²) in [4.78, 5) is 30.3. The molecule has 1 aliphatic heterocycles. The van der Waals surface area contributed by atoms with Gasteiger partial charge in [-0.15, -0.1) is 9.89 Å². The molecular weight excluding hydrogens is 403 g/mol. The highest BCUT2D eigenvalue weighted by Crippen LogP contribution is 2.35. The molecule has 2 N–H and O–H groups in total. The summed E-state index contributed by atoms with van der Waals surface area (Å²) in [6.45, 7) is 3.28. The third-order valence-electron chi connectivity index (χ3n) is 5.31. The number of carboxylic acids is 1. The van der Waals surface area contributed by atoms with Crippen LogP contribution in [0, 0.1) is 19.7 Å². The number of fused-ring (bicyclic) bond motifs is 2. The van der Waals surface area contributed by atoms with E-state index in [1.54, 1.807) is 36.9 Å². The number of pyridine rings is 1. The SMILES string of the molecule is Cc1c(C(=O)O)c(C)n(-n2nnc3cccnc32)c1C=C1C(=O)Nc2ccc(F)cc21. The molecule has 4 aromatic rings. The lowest BCUT2D eigenvalue weighted by atomic mass is 10.0. The lowest BCUT2D eigenvalue weighted by Gasteiger charge is -2.10. The minimum Gasteiger partial charge on any atom is -0.478 e. The van der Waals surface area contributed by atoms with E-state index in [9.17, 15) is 19.1 Å². The normalized spacial score (nSPS) is 14.3. The number of carboxylic acid groups (broad SMARTS) is 1. The van der Waals surface area contributed by atoms with Crippen molar-refractivity contribution in [3.63, 3.8) is 0 Å². The molecule has 31 heavy (non-hydrogen) atoms. The first-order chi connectivity index (χ1) is 14.9. The van der Waals surface area contributed by atoms with Crippen LogP contribution in [0.25, 0.3) is 22.8 Å². The second-order valence-corrected chi connectivity index (χ2v) is 7.11. The Morgan fingerprint density at radius 2 is 2.06 bits per heavy atom. The average Bonchev–Trinajstić information content (AvgIpc) is 3.35. The molecule has 154 valence electrons. The van der Waals surface area contributed by atoms with Crippen molar-refractivity contribution < 1.29 is 19.1 Å². The standard InChI is InChI=1S/C21H15FN6O3/c1-10-17(9-14-13-8-12(22)5-6-15(13)24-20(14)29)27(11(2)18(10)21(30)31)28-19-16(25-26-28)4-3-7-23-19/h3-9H,1-2H3,(H,24,29)(H,30,31). The molecule has 10 heteroatoms. The van der Waals surface area contributed by atoms with Gasteiger partial charge in [0.2, 0.25) is 5.65 Å². The predicted octanol–water partition coefficient (Wildman–Crippen LogP) is 2.89. The van der Waals surface area contributed by atoms with E-state index < -0.39 is 17.7 Å². The second-order valence-electron chi connectivity index (χ2n) is 7.11. The van der Waals surface area contributed by atoms with Crippen molar-refractivity contribution >= 4 is 40.4 Å². The van der Waals surface area contributed by atoms with E-state index in [0.29, 0.717) is 39.4 Å². The molecule has 0 radical (unpaired) electrons. The van der Waals surface area contributed by atoms with Crippen LogP contribution >= 0.6 is 0 Å². The Hall–Kier alpha value is -4.34. The van der Waals surface area contributed by atoms with E-state index in [1.807, 2.05) is 0 Å². The van der Waals surface area contributed by atoms with Crippen molar-refractivity contribution in [1.82, 2.24) is 24.8 Å². The van der Waals surface area contributed by atoms with Crippen LogP contribution in [0.1, 0.15) is 32.9 Å².